The maximum Gasteiger partial charge on any atom is 0.310 e. The molecule has 0 N–H and O–H groups in total. The van der Waals surface area contributed by atoms with E-state index in [1.54, 1.807) is 4.90 Å². The van der Waals surface area contributed by atoms with E-state index in [4.69, 9.17) is 4.74 Å². The van der Waals surface area contributed by atoms with E-state index in [9.17, 15) is 14.9 Å². The largest absolute Gasteiger partial charge is 0.490 e. The number of nitrogens with zero attached hydrogens (tertiary/aromatic N) is 2. The Morgan fingerprint density at radius 3 is 2.71 bits per heavy atom. The Bertz CT molecular complexity index is 486. The van der Waals surface area contributed by atoms with Crippen molar-refractivity contribution in [1.29, 1.82) is 0 Å². The van der Waals surface area contributed by atoms with Crippen LogP contribution in [0.15, 0.2) is 18.2 Å². The number of carbonyl (C=O) groups excluding carboxylic acids is 1. The summed E-state index contributed by atoms with van der Waals surface area (Å²) in [6.45, 7) is 2.68. The minimum atomic E-state index is -0.535. The highest BCUT2D eigenvalue weighted by atomic mass is 16.6. The predicted molar refractivity (Wildman–Crippen MR) is 60.1 cm³/mol. The van der Waals surface area contributed by atoms with Gasteiger partial charge in [0.05, 0.1) is 12.0 Å². The first-order chi connectivity index (χ1) is 8.04. The molecule has 1 aromatic carbocycles. The standard InChI is InChI=1S/C11H12N2O4/c1-7-6-12(7)11(14)8-3-4-9(13(15)16)10(5-8)17-2/h3-5,7H,6H2,1-2H3/t7-,12?/m1/s1. The lowest BCUT2D eigenvalue weighted by Crippen LogP contribution is -2.12. The van der Waals surface area contributed by atoms with Crippen molar-refractivity contribution in [3.8, 4) is 5.75 Å². The molecule has 1 aromatic rings. The van der Waals surface area contributed by atoms with Crippen molar-refractivity contribution in [2.24, 2.45) is 0 Å². The van der Waals surface area contributed by atoms with Gasteiger partial charge in [0.25, 0.3) is 5.91 Å². The second-order valence-electron chi connectivity index (χ2n) is 3.95. The van der Waals surface area contributed by atoms with Crippen molar-refractivity contribution in [2.75, 3.05) is 13.7 Å². The Morgan fingerprint density at radius 1 is 1.59 bits per heavy atom. The molecule has 1 aliphatic rings. The summed E-state index contributed by atoms with van der Waals surface area (Å²) in [6.07, 6.45) is 0. The van der Waals surface area contributed by atoms with Gasteiger partial charge >= 0.3 is 5.69 Å². The zero-order valence-electron chi connectivity index (χ0n) is 9.54. The third kappa shape index (κ3) is 2.06. The molecule has 0 aromatic heterocycles. The number of carbonyl (C=O) groups is 1. The molecule has 90 valence electrons. The number of hydrogen-bond donors (Lipinski definition) is 0. The Labute approximate surface area is 97.9 Å². The van der Waals surface area contributed by atoms with E-state index in [0.717, 1.165) is 6.54 Å². The van der Waals surface area contributed by atoms with Gasteiger partial charge in [-0.3, -0.25) is 14.9 Å². The van der Waals surface area contributed by atoms with E-state index >= 15 is 0 Å². The van der Waals surface area contributed by atoms with Crippen LogP contribution in [0, 0.1) is 10.1 Å². The van der Waals surface area contributed by atoms with Gasteiger partial charge in [-0.05, 0) is 13.0 Å². The summed E-state index contributed by atoms with van der Waals surface area (Å²) < 4.78 is 4.91. The number of nitro groups is 1. The molecule has 0 spiro atoms. The lowest BCUT2D eigenvalue weighted by molar-refractivity contribution is -0.385. The summed E-state index contributed by atoms with van der Waals surface area (Å²) in [5, 5.41) is 10.7. The highest BCUT2D eigenvalue weighted by molar-refractivity contribution is 5.96. The van der Waals surface area contributed by atoms with E-state index in [-0.39, 0.29) is 23.4 Å². The molecule has 1 aliphatic heterocycles. The molecule has 1 heterocycles. The van der Waals surface area contributed by atoms with Crippen LogP contribution in [0.3, 0.4) is 0 Å². The van der Waals surface area contributed by atoms with Gasteiger partial charge in [0.2, 0.25) is 0 Å². The first-order valence-electron chi connectivity index (χ1n) is 5.18. The molecule has 1 fully saturated rings. The molecule has 1 amide bonds. The molecule has 17 heavy (non-hydrogen) atoms. The molecule has 0 aliphatic carbocycles. The second kappa shape index (κ2) is 4.04. The Hall–Kier alpha value is -2.11. The zero-order chi connectivity index (χ0) is 12.6. The fourth-order valence-corrected chi connectivity index (χ4v) is 1.65. The monoisotopic (exact) mass is 236 g/mol. The van der Waals surface area contributed by atoms with Crippen LogP contribution in [-0.2, 0) is 0 Å². The summed E-state index contributed by atoms with van der Waals surface area (Å²) in [5.41, 5.74) is 0.277. The maximum atomic E-state index is 11.9. The number of rotatable bonds is 3. The van der Waals surface area contributed by atoms with Gasteiger partial charge in [-0.1, -0.05) is 0 Å². The number of ether oxygens (including phenoxy) is 1. The van der Waals surface area contributed by atoms with E-state index in [1.165, 1.54) is 25.3 Å². The number of amides is 1. The summed E-state index contributed by atoms with van der Waals surface area (Å²) in [7, 11) is 1.34. The average Bonchev–Trinajstić information content (AvgIpc) is 3.04. The average molecular weight is 236 g/mol. The van der Waals surface area contributed by atoms with Crippen molar-refractivity contribution in [2.45, 2.75) is 13.0 Å². The highest BCUT2D eigenvalue weighted by Crippen LogP contribution is 2.29. The maximum absolute atomic E-state index is 11.9. The highest BCUT2D eigenvalue weighted by Gasteiger charge is 2.35. The van der Waals surface area contributed by atoms with Gasteiger partial charge in [0.1, 0.15) is 0 Å². The SMILES string of the molecule is COc1cc(C(=O)N2C[C@H]2C)ccc1[N+](=O)[O-]. The number of benzene rings is 1. The van der Waals surface area contributed by atoms with Gasteiger partial charge in [0.15, 0.2) is 5.75 Å². The third-order valence-corrected chi connectivity index (χ3v) is 2.74. The molecule has 1 atom stereocenters. The molecule has 0 bridgehead atoms. The van der Waals surface area contributed by atoms with Crippen LogP contribution in [0.1, 0.15) is 17.3 Å². The van der Waals surface area contributed by atoms with Crippen molar-refractivity contribution in [3.63, 3.8) is 0 Å². The minimum absolute atomic E-state index is 0.107. The van der Waals surface area contributed by atoms with Crippen molar-refractivity contribution in [1.82, 2.24) is 4.90 Å². The van der Waals surface area contributed by atoms with Crippen LogP contribution >= 0.6 is 0 Å². The fraction of sp³-hybridized carbons (Fsp3) is 0.364. The van der Waals surface area contributed by atoms with E-state index in [2.05, 4.69) is 0 Å². The van der Waals surface area contributed by atoms with Crippen molar-refractivity contribution < 1.29 is 14.5 Å². The van der Waals surface area contributed by atoms with Gasteiger partial charge in [0, 0.05) is 30.3 Å². The summed E-state index contributed by atoms with van der Waals surface area (Å²) in [4.78, 5) is 23.7. The van der Waals surface area contributed by atoms with Crippen molar-refractivity contribution >= 4 is 11.6 Å². The van der Waals surface area contributed by atoms with Crippen LogP contribution in [-0.4, -0.2) is 35.4 Å². The smallest absolute Gasteiger partial charge is 0.310 e. The molecule has 6 nitrogen and oxygen atoms in total. The predicted octanol–water partition coefficient (Wildman–Crippen LogP) is 1.45. The van der Waals surface area contributed by atoms with E-state index in [0.29, 0.717) is 5.56 Å². The lowest BCUT2D eigenvalue weighted by Gasteiger charge is -2.05. The Kier molecular flexibility index (Phi) is 2.71. The van der Waals surface area contributed by atoms with Crippen LogP contribution in [0.4, 0.5) is 5.69 Å². The first kappa shape index (κ1) is 11.4. The molecule has 0 unspecified atom stereocenters. The van der Waals surface area contributed by atoms with Gasteiger partial charge in [-0.2, -0.15) is 0 Å². The molecule has 6 heteroatoms. The quantitative estimate of drug-likeness (QED) is 0.452. The van der Waals surface area contributed by atoms with Crippen LogP contribution in [0.2, 0.25) is 0 Å². The van der Waals surface area contributed by atoms with E-state index < -0.39 is 4.92 Å². The summed E-state index contributed by atoms with van der Waals surface area (Å²) >= 11 is 0. The zero-order valence-corrected chi connectivity index (χ0v) is 9.54. The normalized spacial score (nSPS) is 17.8. The van der Waals surface area contributed by atoms with Gasteiger partial charge in [-0.25, -0.2) is 0 Å². The summed E-state index contributed by atoms with van der Waals surface area (Å²) in [5.74, 6) is -0.0129. The Morgan fingerprint density at radius 2 is 2.24 bits per heavy atom. The van der Waals surface area contributed by atoms with Crippen LogP contribution in [0.25, 0.3) is 0 Å². The number of hydrogen-bond acceptors (Lipinski definition) is 4. The minimum Gasteiger partial charge on any atom is -0.490 e. The first-order valence-corrected chi connectivity index (χ1v) is 5.18. The molecule has 0 saturated carbocycles. The lowest BCUT2D eigenvalue weighted by atomic mass is 10.2. The number of methoxy groups -OCH3 is 1. The summed E-state index contributed by atoms with van der Waals surface area (Å²) in [6, 6.07) is 4.41. The molecule has 2 rings (SSSR count). The Balaban J connectivity index is 2.31. The fourth-order valence-electron chi connectivity index (χ4n) is 1.65. The third-order valence-electron chi connectivity index (χ3n) is 2.74. The van der Waals surface area contributed by atoms with E-state index in [1.807, 2.05) is 6.92 Å². The molecule has 1 saturated heterocycles. The molecular formula is C11H12N2O4. The van der Waals surface area contributed by atoms with Gasteiger partial charge < -0.3 is 9.64 Å². The number of nitro benzene ring substituents is 1. The van der Waals surface area contributed by atoms with Crippen LogP contribution < -0.4 is 4.74 Å². The topological polar surface area (TPSA) is 72.5 Å². The molecular weight excluding hydrogens is 224 g/mol. The molecule has 0 radical (unpaired) electrons. The second-order valence-corrected chi connectivity index (χ2v) is 3.95. The van der Waals surface area contributed by atoms with Crippen LogP contribution in [0.5, 0.6) is 5.75 Å². The van der Waals surface area contributed by atoms with Gasteiger partial charge in [-0.15, -0.1) is 0 Å². The van der Waals surface area contributed by atoms with Crippen molar-refractivity contribution in [3.05, 3.63) is 33.9 Å².